The summed E-state index contributed by atoms with van der Waals surface area (Å²) >= 11 is 0. The Labute approximate surface area is 123 Å². The second-order valence-electron chi connectivity index (χ2n) is 4.56. The normalized spacial score (nSPS) is 10.2. The molecule has 0 unspecified atom stereocenters. The van der Waals surface area contributed by atoms with Gasteiger partial charge in [0, 0.05) is 5.56 Å². The molecule has 0 bridgehead atoms. The first kappa shape index (κ1) is 15.0. The van der Waals surface area contributed by atoms with Crippen LogP contribution in [0.3, 0.4) is 0 Å². The van der Waals surface area contributed by atoms with Crippen molar-refractivity contribution in [2.75, 3.05) is 13.7 Å². The number of Topliss-reactive ketones (excluding diaryl/α,β-unsaturated/α-hetero) is 1. The van der Waals surface area contributed by atoms with Gasteiger partial charge in [0.15, 0.2) is 23.9 Å². The van der Waals surface area contributed by atoms with E-state index in [1.54, 1.807) is 13.2 Å². The van der Waals surface area contributed by atoms with Crippen LogP contribution in [0.2, 0.25) is 0 Å². The Bertz CT molecular complexity index is 620. The SMILES string of the molecule is CCc1ccc(OCC(=O)c2ccc(F)cc2)c(OC)c1. The van der Waals surface area contributed by atoms with Crippen molar-refractivity contribution in [1.29, 1.82) is 0 Å². The number of hydrogen-bond acceptors (Lipinski definition) is 3. The van der Waals surface area contributed by atoms with Gasteiger partial charge in [0.05, 0.1) is 7.11 Å². The molecule has 0 amide bonds. The molecule has 0 saturated carbocycles. The van der Waals surface area contributed by atoms with Crippen LogP contribution in [0.4, 0.5) is 4.39 Å². The molecule has 4 heteroatoms. The lowest BCUT2D eigenvalue weighted by Gasteiger charge is -2.11. The molecule has 0 spiro atoms. The molecule has 110 valence electrons. The zero-order chi connectivity index (χ0) is 15.2. The van der Waals surface area contributed by atoms with E-state index >= 15 is 0 Å². The Hall–Kier alpha value is -2.36. The fourth-order valence-corrected chi connectivity index (χ4v) is 1.91. The topological polar surface area (TPSA) is 35.5 Å². The van der Waals surface area contributed by atoms with Crippen molar-refractivity contribution in [1.82, 2.24) is 0 Å². The molecule has 0 saturated heterocycles. The van der Waals surface area contributed by atoms with Gasteiger partial charge in [-0.25, -0.2) is 4.39 Å². The van der Waals surface area contributed by atoms with Crippen LogP contribution >= 0.6 is 0 Å². The van der Waals surface area contributed by atoms with Gasteiger partial charge >= 0.3 is 0 Å². The largest absolute Gasteiger partial charge is 0.493 e. The van der Waals surface area contributed by atoms with Crippen LogP contribution < -0.4 is 9.47 Å². The summed E-state index contributed by atoms with van der Waals surface area (Å²) < 4.78 is 23.6. The van der Waals surface area contributed by atoms with Crippen LogP contribution in [0.15, 0.2) is 42.5 Å². The third-order valence-corrected chi connectivity index (χ3v) is 3.16. The lowest BCUT2D eigenvalue weighted by Crippen LogP contribution is -2.12. The summed E-state index contributed by atoms with van der Waals surface area (Å²) in [7, 11) is 1.56. The predicted octanol–water partition coefficient (Wildman–Crippen LogP) is 3.66. The second-order valence-corrected chi connectivity index (χ2v) is 4.56. The van der Waals surface area contributed by atoms with Gasteiger partial charge in [-0.15, -0.1) is 0 Å². The number of ketones is 1. The van der Waals surface area contributed by atoms with E-state index in [2.05, 4.69) is 0 Å². The minimum atomic E-state index is -0.371. The van der Waals surface area contributed by atoms with Crippen molar-refractivity contribution in [3.63, 3.8) is 0 Å². The fraction of sp³-hybridized carbons (Fsp3) is 0.235. The van der Waals surface area contributed by atoms with E-state index in [4.69, 9.17) is 9.47 Å². The summed E-state index contributed by atoms with van der Waals surface area (Å²) in [5, 5.41) is 0. The van der Waals surface area contributed by atoms with Gasteiger partial charge in [-0.05, 0) is 48.4 Å². The molecule has 0 atom stereocenters. The molecule has 21 heavy (non-hydrogen) atoms. The van der Waals surface area contributed by atoms with Crippen molar-refractivity contribution >= 4 is 5.78 Å². The Kier molecular flexibility index (Phi) is 4.93. The average Bonchev–Trinajstić information content (AvgIpc) is 2.53. The van der Waals surface area contributed by atoms with Crippen LogP contribution in [0, 0.1) is 5.82 Å². The van der Waals surface area contributed by atoms with Gasteiger partial charge in [0.2, 0.25) is 0 Å². The first-order valence-corrected chi connectivity index (χ1v) is 6.72. The van der Waals surface area contributed by atoms with E-state index in [1.807, 2.05) is 19.1 Å². The lowest BCUT2D eigenvalue weighted by atomic mass is 10.1. The van der Waals surface area contributed by atoms with Crippen LogP contribution in [0.5, 0.6) is 11.5 Å². The fourth-order valence-electron chi connectivity index (χ4n) is 1.91. The zero-order valence-corrected chi connectivity index (χ0v) is 12.1. The van der Waals surface area contributed by atoms with Crippen molar-refractivity contribution in [3.8, 4) is 11.5 Å². The van der Waals surface area contributed by atoms with E-state index in [-0.39, 0.29) is 18.2 Å². The maximum atomic E-state index is 12.8. The Morgan fingerprint density at radius 1 is 1.10 bits per heavy atom. The molecule has 2 rings (SSSR count). The van der Waals surface area contributed by atoms with Crippen LogP contribution in [0.1, 0.15) is 22.8 Å². The summed E-state index contributed by atoms with van der Waals surface area (Å²) in [5.74, 6) is 0.535. The van der Waals surface area contributed by atoms with Crippen molar-refractivity contribution < 1.29 is 18.7 Å². The smallest absolute Gasteiger partial charge is 0.200 e. The van der Waals surface area contributed by atoms with Gasteiger partial charge in [-0.1, -0.05) is 13.0 Å². The summed E-state index contributed by atoms with van der Waals surface area (Å²) in [6, 6.07) is 11.0. The number of methoxy groups -OCH3 is 1. The number of carbonyl (C=O) groups is 1. The number of benzene rings is 2. The minimum Gasteiger partial charge on any atom is -0.493 e. The maximum Gasteiger partial charge on any atom is 0.200 e. The summed E-state index contributed by atoms with van der Waals surface area (Å²) in [6.45, 7) is 1.93. The minimum absolute atomic E-state index is 0.118. The van der Waals surface area contributed by atoms with Crippen molar-refractivity contribution in [2.24, 2.45) is 0 Å². The van der Waals surface area contributed by atoms with Crippen LogP contribution in [0.25, 0.3) is 0 Å². The van der Waals surface area contributed by atoms with E-state index in [1.165, 1.54) is 24.3 Å². The summed E-state index contributed by atoms with van der Waals surface area (Å²) in [4.78, 5) is 12.0. The number of hydrogen-bond donors (Lipinski definition) is 0. The third-order valence-electron chi connectivity index (χ3n) is 3.16. The van der Waals surface area contributed by atoms with Crippen LogP contribution in [-0.2, 0) is 6.42 Å². The third kappa shape index (κ3) is 3.81. The van der Waals surface area contributed by atoms with Gasteiger partial charge < -0.3 is 9.47 Å². The average molecular weight is 288 g/mol. The van der Waals surface area contributed by atoms with Crippen LogP contribution in [-0.4, -0.2) is 19.5 Å². The molecule has 0 aromatic heterocycles. The standard InChI is InChI=1S/C17H17FO3/c1-3-12-4-9-16(17(10-12)20-2)21-11-15(19)13-5-7-14(18)8-6-13/h4-10H,3,11H2,1-2H3. The first-order valence-electron chi connectivity index (χ1n) is 6.72. The predicted molar refractivity (Wildman–Crippen MR) is 78.6 cm³/mol. The number of ether oxygens (including phenoxy) is 2. The maximum absolute atomic E-state index is 12.8. The zero-order valence-electron chi connectivity index (χ0n) is 12.1. The molecular formula is C17H17FO3. The molecule has 0 aliphatic rings. The molecule has 0 N–H and O–H groups in total. The summed E-state index contributed by atoms with van der Waals surface area (Å²) in [5.41, 5.74) is 1.55. The molecular weight excluding hydrogens is 271 g/mol. The monoisotopic (exact) mass is 288 g/mol. The first-order chi connectivity index (χ1) is 10.1. The van der Waals surface area contributed by atoms with E-state index < -0.39 is 0 Å². The van der Waals surface area contributed by atoms with E-state index in [0.717, 1.165) is 12.0 Å². The molecule has 0 aliphatic carbocycles. The highest BCUT2D eigenvalue weighted by atomic mass is 19.1. The highest BCUT2D eigenvalue weighted by molar-refractivity contribution is 5.97. The van der Waals surface area contributed by atoms with Crippen molar-refractivity contribution in [2.45, 2.75) is 13.3 Å². The number of halogens is 1. The molecule has 0 heterocycles. The number of rotatable bonds is 6. The second kappa shape index (κ2) is 6.88. The Morgan fingerprint density at radius 2 is 1.81 bits per heavy atom. The Balaban J connectivity index is 2.05. The van der Waals surface area contributed by atoms with E-state index in [0.29, 0.717) is 17.1 Å². The van der Waals surface area contributed by atoms with Crippen molar-refractivity contribution in [3.05, 3.63) is 59.4 Å². The molecule has 0 fully saturated rings. The molecule has 2 aromatic rings. The van der Waals surface area contributed by atoms with Gasteiger partial charge in [-0.2, -0.15) is 0 Å². The molecule has 2 aromatic carbocycles. The quantitative estimate of drug-likeness (QED) is 0.761. The number of aryl methyl sites for hydroxylation is 1. The van der Waals surface area contributed by atoms with E-state index in [9.17, 15) is 9.18 Å². The molecule has 3 nitrogen and oxygen atoms in total. The van der Waals surface area contributed by atoms with Gasteiger partial charge in [-0.3, -0.25) is 4.79 Å². The highest BCUT2D eigenvalue weighted by Gasteiger charge is 2.10. The molecule has 0 radical (unpaired) electrons. The number of carbonyl (C=O) groups excluding carboxylic acids is 1. The lowest BCUT2D eigenvalue weighted by molar-refractivity contribution is 0.0919. The van der Waals surface area contributed by atoms with Gasteiger partial charge in [0.25, 0.3) is 0 Å². The molecule has 0 aliphatic heterocycles. The Morgan fingerprint density at radius 3 is 2.43 bits per heavy atom. The summed E-state index contributed by atoms with van der Waals surface area (Å²) in [6.07, 6.45) is 0.894. The van der Waals surface area contributed by atoms with Gasteiger partial charge in [0.1, 0.15) is 5.82 Å². The highest BCUT2D eigenvalue weighted by Crippen LogP contribution is 2.28.